The molecule has 17 heavy (non-hydrogen) atoms. The van der Waals surface area contributed by atoms with Crippen molar-refractivity contribution in [2.45, 2.75) is 57.8 Å². The Morgan fingerprint density at radius 2 is 1.88 bits per heavy atom. The van der Waals surface area contributed by atoms with Crippen LogP contribution in [0.1, 0.15) is 69.1 Å². The predicted octanol–water partition coefficient (Wildman–Crippen LogP) is 3.96. The van der Waals surface area contributed by atoms with E-state index in [1.807, 2.05) is 0 Å². The van der Waals surface area contributed by atoms with E-state index in [0.717, 1.165) is 5.92 Å². The topological polar surface area (TPSA) is 20.2 Å². The number of hydrogen-bond acceptors (Lipinski definition) is 1. The molecule has 1 aliphatic rings. The average Bonchev–Trinajstić information content (AvgIpc) is 3.10. The number of rotatable bonds is 3. The Morgan fingerprint density at radius 3 is 2.35 bits per heavy atom. The average molecular weight is 232 g/mol. The van der Waals surface area contributed by atoms with Crippen LogP contribution in [-0.2, 0) is 5.41 Å². The van der Waals surface area contributed by atoms with E-state index in [9.17, 15) is 5.11 Å². The van der Waals surface area contributed by atoms with Crippen molar-refractivity contribution in [1.29, 1.82) is 0 Å². The molecule has 0 saturated heterocycles. The van der Waals surface area contributed by atoms with Crippen LogP contribution in [0, 0.1) is 0 Å². The van der Waals surface area contributed by atoms with Crippen molar-refractivity contribution in [1.82, 2.24) is 0 Å². The Bertz CT molecular complexity index is 396. The van der Waals surface area contributed by atoms with Crippen molar-refractivity contribution >= 4 is 0 Å². The van der Waals surface area contributed by atoms with Crippen LogP contribution >= 0.6 is 0 Å². The lowest BCUT2D eigenvalue weighted by atomic mass is 9.83. The number of aliphatic hydroxyl groups excluding tert-OH is 1. The predicted molar refractivity (Wildman–Crippen MR) is 72.6 cm³/mol. The van der Waals surface area contributed by atoms with Crippen LogP contribution in [0.2, 0.25) is 0 Å². The third-order valence-corrected chi connectivity index (χ3v) is 3.74. The molecule has 0 bridgehead atoms. The first kappa shape index (κ1) is 12.6. The summed E-state index contributed by atoms with van der Waals surface area (Å²) in [5.41, 5.74) is 4.36. The van der Waals surface area contributed by atoms with E-state index in [2.05, 4.69) is 45.9 Å². The van der Waals surface area contributed by atoms with Gasteiger partial charge in [-0.1, -0.05) is 45.9 Å². The maximum absolute atomic E-state index is 9.33. The third kappa shape index (κ3) is 2.90. The molecule has 1 aromatic rings. The molecule has 1 aliphatic carbocycles. The van der Waals surface area contributed by atoms with Crippen molar-refractivity contribution in [3.05, 3.63) is 34.9 Å². The maximum atomic E-state index is 9.33. The second kappa shape index (κ2) is 4.45. The molecule has 94 valence electrons. The summed E-state index contributed by atoms with van der Waals surface area (Å²) in [5, 5.41) is 9.33. The monoisotopic (exact) mass is 232 g/mol. The van der Waals surface area contributed by atoms with E-state index in [1.165, 1.54) is 29.5 Å². The highest BCUT2D eigenvalue weighted by Gasteiger charge is 2.26. The molecule has 1 unspecified atom stereocenters. The van der Waals surface area contributed by atoms with E-state index in [1.54, 1.807) is 0 Å². The summed E-state index contributed by atoms with van der Waals surface area (Å²) >= 11 is 0. The lowest BCUT2D eigenvalue weighted by Crippen LogP contribution is -2.13. The van der Waals surface area contributed by atoms with Crippen molar-refractivity contribution < 1.29 is 5.11 Å². The molecule has 0 spiro atoms. The van der Waals surface area contributed by atoms with Crippen LogP contribution in [0.4, 0.5) is 0 Å². The van der Waals surface area contributed by atoms with E-state index in [-0.39, 0.29) is 17.9 Å². The summed E-state index contributed by atoms with van der Waals surface area (Å²) in [6, 6.07) is 6.94. The molecule has 1 aromatic carbocycles. The Labute approximate surface area is 105 Å². The molecule has 1 nitrogen and oxygen atoms in total. The fourth-order valence-electron chi connectivity index (χ4n) is 2.15. The summed E-state index contributed by atoms with van der Waals surface area (Å²) in [5.74, 6) is 1.02. The van der Waals surface area contributed by atoms with Crippen LogP contribution in [0.3, 0.4) is 0 Å². The SMILES string of the molecule is CC(CO)c1cc(C2CC2)cc(C(C)(C)C)c1. The molecule has 0 amide bonds. The summed E-state index contributed by atoms with van der Waals surface area (Å²) < 4.78 is 0. The minimum Gasteiger partial charge on any atom is -0.396 e. The van der Waals surface area contributed by atoms with Gasteiger partial charge in [0.1, 0.15) is 0 Å². The first-order valence-corrected chi connectivity index (χ1v) is 6.68. The molecule has 1 N–H and O–H groups in total. The zero-order valence-corrected chi connectivity index (χ0v) is 11.5. The molecule has 1 saturated carbocycles. The van der Waals surface area contributed by atoms with Gasteiger partial charge in [-0.2, -0.15) is 0 Å². The normalized spacial score (nSPS) is 18.2. The smallest absolute Gasteiger partial charge is 0.0497 e. The van der Waals surface area contributed by atoms with Gasteiger partial charge in [0.05, 0.1) is 0 Å². The van der Waals surface area contributed by atoms with Gasteiger partial charge in [0.25, 0.3) is 0 Å². The molecule has 1 heteroatoms. The van der Waals surface area contributed by atoms with Crippen LogP contribution in [0.5, 0.6) is 0 Å². The van der Waals surface area contributed by atoms with Crippen molar-refractivity contribution in [2.24, 2.45) is 0 Å². The molecular weight excluding hydrogens is 208 g/mol. The van der Waals surface area contributed by atoms with Gasteiger partial charge in [-0.3, -0.25) is 0 Å². The summed E-state index contributed by atoms with van der Waals surface area (Å²) in [6.07, 6.45) is 2.67. The largest absolute Gasteiger partial charge is 0.396 e. The van der Waals surface area contributed by atoms with E-state index >= 15 is 0 Å². The minimum absolute atomic E-state index is 0.189. The van der Waals surface area contributed by atoms with Crippen molar-refractivity contribution in [2.75, 3.05) is 6.61 Å². The van der Waals surface area contributed by atoms with Crippen LogP contribution in [0.15, 0.2) is 18.2 Å². The Kier molecular flexibility index (Phi) is 3.31. The Balaban J connectivity index is 2.42. The molecule has 0 aliphatic heterocycles. The molecule has 2 rings (SSSR count). The highest BCUT2D eigenvalue weighted by atomic mass is 16.3. The van der Waals surface area contributed by atoms with Crippen molar-refractivity contribution in [3.8, 4) is 0 Å². The number of aliphatic hydroxyl groups is 1. The Morgan fingerprint density at radius 1 is 1.24 bits per heavy atom. The van der Waals surface area contributed by atoms with E-state index < -0.39 is 0 Å². The highest BCUT2D eigenvalue weighted by Crippen LogP contribution is 2.42. The zero-order valence-electron chi connectivity index (χ0n) is 11.5. The molecule has 0 heterocycles. The maximum Gasteiger partial charge on any atom is 0.0497 e. The quantitative estimate of drug-likeness (QED) is 0.836. The van der Waals surface area contributed by atoms with Crippen LogP contribution in [-0.4, -0.2) is 11.7 Å². The molecule has 1 atom stereocenters. The van der Waals surface area contributed by atoms with Gasteiger partial charge in [0.15, 0.2) is 0 Å². The fourth-order valence-corrected chi connectivity index (χ4v) is 2.15. The van der Waals surface area contributed by atoms with Crippen LogP contribution in [0.25, 0.3) is 0 Å². The fraction of sp³-hybridized carbons (Fsp3) is 0.625. The number of benzene rings is 1. The second-order valence-corrected chi connectivity index (χ2v) is 6.50. The standard InChI is InChI=1S/C16H24O/c1-11(10-17)13-7-14(12-5-6-12)9-15(8-13)16(2,3)4/h7-9,11-12,17H,5-6,10H2,1-4H3. The van der Waals surface area contributed by atoms with Gasteiger partial charge in [-0.05, 0) is 40.9 Å². The Hall–Kier alpha value is -0.820. The highest BCUT2D eigenvalue weighted by molar-refractivity contribution is 5.38. The van der Waals surface area contributed by atoms with E-state index in [4.69, 9.17) is 0 Å². The molecule has 0 aromatic heterocycles. The van der Waals surface area contributed by atoms with E-state index in [0.29, 0.717) is 0 Å². The lowest BCUT2D eigenvalue weighted by molar-refractivity contribution is 0.273. The number of hydrogen-bond donors (Lipinski definition) is 1. The summed E-state index contributed by atoms with van der Waals surface area (Å²) in [7, 11) is 0. The minimum atomic E-state index is 0.189. The summed E-state index contributed by atoms with van der Waals surface area (Å²) in [6.45, 7) is 9.10. The second-order valence-electron chi connectivity index (χ2n) is 6.50. The van der Waals surface area contributed by atoms with Gasteiger partial charge in [-0.15, -0.1) is 0 Å². The van der Waals surface area contributed by atoms with Gasteiger partial charge < -0.3 is 5.11 Å². The van der Waals surface area contributed by atoms with Gasteiger partial charge in [0, 0.05) is 12.5 Å². The molecule has 1 fully saturated rings. The van der Waals surface area contributed by atoms with Gasteiger partial charge in [0.2, 0.25) is 0 Å². The third-order valence-electron chi connectivity index (χ3n) is 3.74. The van der Waals surface area contributed by atoms with Gasteiger partial charge >= 0.3 is 0 Å². The first-order chi connectivity index (χ1) is 7.91. The molecular formula is C16H24O. The lowest BCUT2D eigenvalue weighted by Gasteiger charge is -2.22. The van der Waals surface area contributed by atoms with Gasteiger partial charge in [-0.25, -0.2) is 0 Å². The molecule has 0 radical (unpaired) electrons. The van der Waals surface area contributed by atoms with Crippen molar-refractivity contribution in [3.63, 3.8) is 0 Å². The summed E-state index contributed by atoms with van der Waals surface area (Å²) in [4.78, 5) is 0. The first-order valence-electron chi connectivity index (χ1n) is 6.68. The van der Waals surface area contributed by atoms with Crippen LogP contribution < -0.4 is 0 Å². The zero-order chi connectivity index (χ0) is 12.6.